The van der Waals surface area contributed by atoms with E-state index in [1.54, 1.807) is 18.2 Å². The van der Waals surface area contributed by atoms with Gasteiger partial charge in [0, 0.05) is 47.4 Å². The van der Waals surface area contributed by atoms with Gasteiger partial charge in [-0.15, -0.1) is 13.2 Å². The first-order chi connectivity index (χ1) is 13.7. The van der Waals surface area contributed by atoms with Crippen molar-refractivity contribution < 1.29 is 32.9 Å². The van der Waals surface area contributed by atoms with Crippen molar-refractivity contribution in [1.82, 2.24) is 0 Å². The molecule has 0 spiro atoms. The molecule has 0 aliphatic heterocycles. The average molecular weight is 434 g/mol. The minimum atomic E-state index is -4.91. The molecule has 158 valence electrons. The van der Waals surface area contributed by atoms with E-state index < -0.39 is 18.1 Å². The van der Waals surface area contributed by atoms with Crippen LogP contribution in [0.4, 0.5) is 35.0 Å². The van der Waals surface area contributed by atoms with Gasteiger partial charge < -0.3 is 30.9 Å². The lowest BCUT2D eigenvalue weighted by molar-refractivity contribution is -0.274. The minimum absolute atomic E-state index is 0.0235. The van der Waals surface area contributed by atoms with Gasteiger partial charge in [0.2, 0.25) is 0 Å². The fraction of sp³-hybridized carbons (Fsp3) is 0.278. The normalized spacial score (nSPS) is 11.1. The third kappa shape index (κ3) is 7.33. The molecule has 0 aromatic heterocycles. The summed E-state index contributed by atoms with van der Waals surface area (Å²) in [4.78, 5) is 12.3. The highest BCUT2D eigenvalue weighted by atomic mass is 35.5. The van der Waals surface area contributed by atoms with E-state index in [9.17, 15) is 18.0 Å². The second-order valence-electron chi connectivity index (χ2n) is 5.76. The van der Waals surface area contributed by atoms with Gasteiger partial charge in [0.15, 0.2) is 0 Å². The SMILES string of the molecule is O=C(Nc1cc(NCCO)cc(OC(F)(F)F)c1)Nc1cccc(Cl)c1CCO. The smallest absolute Gasteiger partial charge is 0.406 e. The highest BCUT2D eigenvalue weighted by Crippen LogP contribution is 2.30. The zero-order valence-electron chi connectivity index (χ0n) is 15.0. The summed E-state index contributed by atoms with van der Waals surface area (Å²) >= 11 is 6.07. The van der Waals surface area contributed by atoms with Gasteiger partial charge in [-0.3, -0.25) is 0 Å². The Bertz CT molecular complexity index is 850. The van der Waals surface area contributed by atoms with Crippen molar-refractivity contribution in [3.05, 3.63) is 47.0 Å². The maximum atomic E-state index is 12.5. The molecule has 5 N–H and O–H groups in total. The summed E-state index contributed by atoms with van der Waals surface area (Å²) in [5.41, 5.74) is 1.10. The molecule has 0 aliphatic rings. The molecule has 2 rings (SSSR count). The van der Waals surface area contributed by atoms with Crippen molar-refractivity contribution >= 4 is 34.7 Å². The Kier molecular flexibility index (Phi) is 7.94. The third-order valence-electron chi connectivity index (χ3n) is 3.57. The number of amides is 2. The first kappa shape index (κ1) is 22.6. The third-order valence-corrected chi connectivity index (χ3v) is 3.92. The number of anilines is 3. The second kappa shape index (κ2) is 10.2. The van der Waals surface area contributed by atoms with Crippen molar-refractivity contribution in [2.24, 2.45) is 0 Å². The molecular weight excluding hydrogens is 415 g/mol. The number of halogens is 4. The van der Waals surface area contributed by atoms with E-state index >= 15 is 0 Å². The van der Waals surface area contributed by atoms with Gasteiger partial charge in [0.1, 0.15) is 5.75 Å². The quantitative estimate of drug-likeness (QED) is 0.435. The number of nitrogens with one attached hydrogen (secondary N) is 3. The van der Waals surface area contributed by atoms with E-state index in [1.807, 2.05) is 0 Å². The van der Waals surface area contributed by atoms with Crippen molar-refractivity contribution in [3.63, 3.8) is 0 Å². The van der Waals surface area contributed by atoms with E-state index in [-0.39, 0.29) is 37.6 Å². The standard InChI is InChI=1S/C18H19ClF3N3O4/c19-15-2-1-3-16(14(15)4-6-26)25-17(28)24-12-8-11(23-5-7-27)9-13(10-12)29-18(20,21)22/h1-3,8-10,23,26-27H,4-7H2,(H2,24,25,28). The summed E-state index contributed by atoms with van der Waals surface area (Å²) in [6, 6.07) is 7.52. The highest BCUT2D eigenvalue weighted by molar-refractivity contribution is 6.31. The highest BCUT2D eigenvalue weighted by Gasteiger charge is 2.31. The van der Waals surface area contributed by atoms with Gasteiger partial charge in [-0.2, -0.15) is 0 Å². The van der Waals surface area contributed by atoms with E-state index in [0.29, 0.717) is 16.3 Å². The van der Waals surface area contributed by atoms with Crippen LogP contribution in [0, 0.1) is 0 Å². The number of urea groups is 1. The van der Waals surface area contributed by atoms with Crippen molar-refractivity contribution in [2.45, 2.75) is 12.8 Å². The van der Waals surface area contributed by atoms with Crippen LogP contribution in [0.3, 0.4) is 0 Å². The molecule has 29 heavy (non-hydrogen) atoms. The van der Waals surface area contributed by atoms with Crippen LogP contribution >= 0.6 is 11.6 Å². The van der Waals surface area contributed by atoms with E-state index in [4.69, 9.17) is 21.8 Å². The van der Waals surface area contributed by atoms with Crippen LogP contribution in [0.2, 0.25) is 5.02 Å². The molecule has 0 unspecified atom stereocenters. The van der Waals surface area contributed by atoms with Crippen molar-refractivity contribution in [3.8, 4) is 5.75 Å². The number of ether oxygens (including phenoxy) is 1. The fourth-order valence-corrected chi connectivity index (χ4v) is 2.76. The van der Waals surface area contributed by atoms with Gasteiger partial charge in [0.25, 0.3) is 0 Å². The molecule has 0 saturated heterocycles. The lowest BCUT2D eigenvalue weighted by atomic mass is 10.1. The number of alkyl halides is 3. The Morgan fingerprint density at radius 2 is 1.79 bits per heavy atom. The lowest BCUT2D eigenvalue weighted by Crippen LogP contribution is -2.21. The minimum Gasteiger partial charge on any atom is -0.406 e. The first-order valence-corrected chi connectivity index (χ1v) is 8.81. The number of carbonyl (C=O) groups is 1. The van der Waals surface area contributed by atoms with Crippen molar-refractivity contribution in [2.75, 3.05) is 35.7 Å². The number of aliphatic hydroxyl groups is 2. The first-order valence-electron chi connectivity index (χ1n) is 8.43. The zero-order valence-corrected chi connectivity index (χ0v) is 15.8. The maximum Gasteiger partial charge on any atom is 0.573 e. The van der Waals surface area contributed by atoms with Gasteiger partial charge in [0.05, 0.1) is 6.61 Å². The zero-order chi connectivity index (χ0) is 21.4. The summed E-state index contributed by atoms with van der Waals surface area (Å²) in [6.07, 6.45) is -4.70. The molecule has 0 saturated carbocycles. The summed E-state index contributed by atoms with van der Waals surface area (Å²) < 4.78 is 41.5. The monoisotopic (exact) mass is 433 g/mol. The van der Waals surface area contributed by atoms with Gasteiger partial charge in [-0.1, -0.05) is 17.7 Å². The molecule has 0 fully saturated rings. The summed E-state index contributed by atoms with van der Waals surface area (Å²) in [7, 11) is 0. The lowest BCUT2D eigenvalue weighted by Gasteiger charge is -2.15. The van der Waals surface area contributed by atoms with Crippen LogP contribution in [0.5, 0.6) is 5.75 Å². The Hall–Kier alpha value is -2.69. The molecule has 0 bridgehead atoms. The number of hydrogen-bond donors (Lipinski definition) is 5. The second-order valence-corrected chi connectivity index (χ2v) is 6.17. The fourth-order valence-electron chi connectivity index (χ4n) is 2.49. The average Bonchev–Trinajstić information content (AvgIpc) is 2.61. The Morgan fingerprint density at radius 3 is 2.45 bits per heavy atom. The number of rotatable bonds is 8. The van der Waals surface area contributed by atoms with Crippen LogP contribution < -0.4 is 20.7 Å². The molecule has 0 heterocycles. The maximum absolute atomic E-state index is 12.5. The molecule has 2 amide bonds. The van der Waals surface area contributed by atoms with Gasteiger partial charge in [-0.05, 0) is 30.2 Å². The van der Waals surface area contributed by atoms with Crippen LogP contribution in [-0.2, 0) is 6.42 Å². The Balaban J connectivity index is 2.20. The van der Waals surface area contributed by atoms with Crippen molar-refractivity contribution in [1.29, 1.82) is 0 Å². The van der Waals surface area contributed by atoms with E-state index in [1.165, 1.54) is 6.07 Å². The van der Waals surface area contributed by atoms with Crippen LogP contribution in [-0.4, -0.2) is 42.4 Å². The predicted molar refractivity (Wildman–Crippen MR) is 104 cm³/mol. The van der Waals surface area contributed by atoms with Gasteiger partial charge in [-0.25, -0.2) is 4.79 Å². The molecular formula is C18H19ClF3N3O4. The molecule has 7 nitrogen and oxygen atoms in total. The number of benzene rings is 2. The largest absolute Gasteiger partial charge is 0.573 e. The number of carbonyl (C=O) groups excluding carboxylic acids is 1. The van der Waals surface area contributed by atoms with Crippen LogP contribution in [0.25, 0.3) is 0 Å². The van der Waals surface area contributed by atoms with E-state index in [2.05, 4.69) is 20.7 Å². The molecule has 0 atom stereocenters. The molecule has 2 aromatic carbocycles. The molecule has 11 heteroatoms. The topological polar surface area (TPSA) is 103 Å². The molecule has 0 aliphatic carbocycles. The van der Waals surface area contributed by atoms with E-state index in [0.717, 1.165) is 12.1 Å². The van der Waals surface area contributed by atoms with Gasteiger partial charge >= 0.3 is 12.4 Å². The Morgan fingerprint density at radius 1 is 1.07 bits per heavy atom. The summed E-state index contributed by atoms with van der Waals surface area (Å²) in [6.45, 7) is -0.332. The molecule has 0 radical (unpaired) electrons. The predicted octanol–water partition coefficient (Wildman–Crippen LogP) is 3.82. The number of hydrogen-bond acceptors (Lipinski definition) is 5. The molecule has 2 aromatic rings. The van der Waals surface area contributed by atoms with Crippen LogP contribution in [0.15, 0.2) is 36.4 Å². The Labute approximate surface area is 169 Å². The van der Waals surface area contributed by atoms with Crippen LogP contribution in [0.1, 0.15) is 5.56 Å². The summed E-state index contributed by atoms with van der Waals surface area (Å²) in [5, 5.41) is 26.0. The number of aliphatic hydroxyl groups excluding tert-OH is 2. The summed E-state index contributed by atoms with van der Waals surface area (Å²) in [5.74, 6) is -0.542.